The fourth-order valence-electron chi connectivity index (χ4n) is 4.21. The van der Waals surface area contributed by atoms with Gasteiger partial charge in [-0.25, -0.2) is 0 Å². The van der Waals surface area contributed by atoms with Gasteiger partial charge in [-0.3, -0.25) is 0 Å². The van der Waals surface area contributed by atoms with Crippen molar-refractivity contribution in [1.82, 2.24) is 0 Å². The van der Waals surface area contributed by atoms with Gasteiger partial charge in [0, 0.05) is 7.11 Å². The summed E-state index contributed by atoms with van der Waals surface area (Å²) in [4.78, 5) is 0. The van der Waals surface area contributed by atoms with Crippen LogP contribution >= 0.6 is 0 Å². The van der Waals surface area contributed by atoms with Crippen molar-refractivity contribution in [2.24, 2.45) is 0 Å². The molecule has 3 fully saturated rings. The number of rotatable bonds is 8. The zero-order valence-electron chi connectivity index (χ0n) is 18.7. The Bertz CT molecular complexity index is 652. The molecule has 10 N–H and O–H groups in total. The van der Waals surface area contributed by atoms with Crippen LogP contribution in [0.2, 0.25) is 0 Å². The fourth-order valence-corrected chi connectivity index (χ4v) is 4.21. The van der Waals surface area contributed by atoms with Gasteiger partial charge in [0.25, 0.3) is 0 Å². The Balaban J connectivity index is 1.75. The van der Waals surface area contributed by atoms with Crippen LogP contribution in [0.5, 0.6) is 0 Å². The van der Waals surface area contributed by atoms with Crippen LogP contribution in [0.3, 0.4) is 0 Å². The van der Waals surface area contributed by atoms with Gasteiger partial charge < -0.3 is 79.5 Å². The molecule has 3 saturated heterocycles. The molecule has 0 amide bonds. The van der Waals surface area contributed by atoms with Crippen molar-refractivity contribution in [3.05, 3.63) is 0 Å². The van der Waals surface area contributed by atoms with Crippen LogP contribution in [-0.2, 0) is 28.4 Å². The molecule has 0 saturated carbocycles. The second-order valence-corrected chi connectivity index (χ2v) is 8.61. The molecule has 0 radical (unpaired) electrons. The van der Waals surface area contributed by atoms with Crippen LogP contribution in [0.4, 0.5) is 0 Å². The zero-order chi connectivity index (χ0) is 26.0. The topological polar surface area (TPSA) is 258 Å². The van der Waals surface area contributed by atoms with E-state index >= 15 is 0 Å². The number of hydrogen-bond acceptors (Lipinski definition) is 16. The molecule has 3 aliphatic heterocycles. The highest BCUT2D eigenvalue weighted by Crippen LogP contribution is 2.32. The second-order valence-electron chi connectivity index (χ2n) is 8.61. The highest BCUT2D eigenvalue weighted by atomic mass is 16.8. The molecule has 15 atom stereocenters. The van der Waals surface area contributed by atoms with Gasteiger partial charge in [-0.2, -0.15) is 0 Å². The van der Waals surface area contributed by atoms with Gasteiger partial charge in [0.05, 0.1) is 19.8 Å². The van der Waals surface area contributed by atoms with E-state index in [0.29, 0.717) is 0 Å². The van der Waals surface area contributed by atoms with Gasteiger partial charge in [-0.15, -0.1) is 0 Å². The minimum atomic E-state index is -1.85. The number of ether oxygens (including phenoxy) is 6. The van der Waals surface area contributed by atoms with E-state index < -0.39 is 105 Å². The monoisotopic (exact) mass is 518 g/mol. The maximum Gasteiger partial charge on any atom is 0.187 e. The summed E-state index contributed by atoms with van der Waals surface area (Å²) in [5.74, 6) is 0. The summed E-state index contributed by atoms with van der Waals surface area (Å²) >= 11 is 0. The lowest BCUT2D eigenvalue weighted by Gasteiger charge is -2.48. The molecule has 0 bridgehead atoms. The molecule has 206 valence electrons. The first kappa shape index (κ1) is 28.9. The molecule has 35 heavy (non-hydrogen) atoms. The van der Waals surface area contributed by atoms with Crippen molar-refractivity contribution in [2.75, 3.05) is 26.9 Å². The van der Waals surface area contributed by atoms with Gasteiger partial charge >= 0.3 is 0 Å². The highest BCUT2D eigenvalue weighted by Gasteiger charge is 2.53. The first-order chi connectivity index (χ1) is 16.5. The molecule has 0 aromatic carbocycles. The summed E-state index contributed by atoms with van der Waals surface area (Å²) in [6.07, 6.45) is -24.2. The minimum absolute atomic E-state index is 0.250. The lowest BCUT2D eigenvalue weighted by molar-refractivity contribution is -0.378. The number of aliphatic hydroxyl groups excluding tert-OH is 10. The third kappa shape index (κ3) is 5.93. The van der Waals surface area contributed by atoms with E-state index in [1.807, 2.05) is 0 Å². The molecule has 1 unspecified atom stereocenters. The molecule has 3 aliphatic rings. The summed E-state index contributed by atoms with van der Waals surface area (Å²) in [5.41, 5.74) is 0. The molecule has 0 aliphatic carbocycles. The van der Waals surface area contributed by atoms with E-state index in [2.05, 4.69) is 0 Å². The Morgan fingerprint density at radius 2 is 1.03 bits per heavy atom. The van der Waals surface area contributed by atoms with E-state index in [0.717, 1.165) is 0 Å². The standard InChI is InChI=1S/C19H34O16/c1-30-4-7-16(35-18-13(27)9(23)8(22)5(2-20)32-18)11(25)14(28)19(33-7)34-15-6(3-21)31-17(29)12(26)10(15)24/h5-29H,2-4H2,1H3/t5-,6-,7-,8-,9+,10-,11-,12-,13-,14-,15-,16-,17?,18-,19-/m1/s1. The molecule has 16 heteroatoms. The predicted octanol–water partition coefficient (Wildman–Crippen LogP) is -6.92. The number of hydrogen-bond donors (Lipinski definition) is 10. The van der Waals surface area contributed by atoms with Crippen molar-refractivity contribution in [3.63, 3.8) is 0 Å². The summed E-state index contributed by atoms with van der Waals surface area (Å²) < 4.78 is 32.0. The van der Waals surface area contributed by atoms with Crippen LogP contribution in [-0.4, -0.2) is 170 Å². The smallest absolute Gasteiger partial charge is 0.187 e. The molecule has 0 aromatic rings. The Morgan fingerprint density at radius 3 is 1.57 bits per heavy atom. The van der Waals surface area contributed by atoms with E-state index in [1.165, 1.54) is 7.11 Å². The normalized spacial score (nSPS) is 51.3. The average molecular weight is 518 g/mol. The van der Waals surface area contributed by atoms with E-state index in [-0.39, 0.29) is 6.61 Å². The van der Waals surface area contributed by atoms with Gasteiger partial charge in [-0.05, 0) is 0 Å². The predicted molar refractivity (Wildman–Crippen MR) is 106 cm³/mol. The van der Waals surface area contributed by atoms with E-state index in [9.17, 15) is 51.1 Å². The lowest BCUT2D eigenvalue weighted by Crippen LogP contribution is -2.66. The maximum absolute atomic E-state index is 10.8. The number of methoxy groups -OCH3 is 1. The Morgan fingerprint density at radius 1 is 0.543 bits per heavy atom. The average Bonchev–Trinajstić information content (AvgIpc) is 2.84. The highest BCUT2D eigenvalue weighted by molar-refractivity contribution is 4.96. The first-order valence-corrected chi connectivity index (χ1v) is 11.0. The first-order valence-electron chi connectivity index (χ1n) is 11.0. The van der Waals surface area contributed by atoms with Crippen molar-refractivity contribution in [3.8, 4) is 0 Å². The van der Waals surface area contributed by atoms with Crippen molar-refractivity contribution in [1.29, 1.82) is 0 Å². The van der Waals surface area contributed by atoms with Crippen LogP contribution in [0.1, 0.15) is 0 Å². The van der Waals surface area contributed by atoms with E-state index in [4.69, 9.17) is 28.4 Å². The fraction of sp³-hybridized carbons (Fsp3) is 1.00. The van der Waals surface area contributed by atoms with Crippen LogP contribution in [0.25, 0.3) is 0 Å². The quantitative estimate of drug-likeness (QED) is 0.143. The van der Waals surface area contributed by atoms with E-state index in [1.54, 1.807) is 0 Å². The second kappa shape index (κ2) is 12.3. The molecule has 0 spiro atoms. The van der Waals surface area contributed by atoms with Gasteiger partial charge in [-0.1, -0.05) is 0 Å². The summed E-state index contributed by atoms with van der Waals surface area (Å²) in [6.45, 7) is -1.70. The SMILES string of the molecule is COC[C@H]1O[C@H](O[C@H]2[C@H](O)[C@@H](O)C(O)O[C@@H]2CO)[C@H](O)[C@@H](O)[C@@H]1O[C@H]1O[C@H](CO)[C@@H](O)[C@H](O)[C@H]1O. The largest absolute Gasteiger partial charge is 0.394 e. The minimum Gasteiger partial charge on any atom is -0.394 e. The third-order valence-corrected chi connectivity index (χ3v) is 6.24. The van der Waals surface area contributed by atoms with Crippen LogP contribution in [0.15, 0.2) is 0 Å². The van der Waals surface area contributed by atoms with Gasteiger partial charge in [0.2, 0.25) is 0 Å². The van der Waals surface area contributed by atoms with Crippen LogP contribution in [0, 0.1) is 0 Å². The molecular formula is C19H34O16. The zero-order valence-corrected chi connectivity index (χ0v) is 18.7. The molecule has 3 rings (SSSR count). The molecule has 0 aromatic heterocycles. The summed E-state index contributed by atoms with van der Waals surface area (Å²) in [6, 6.07) is 0. The van der Waals surface area contributed by atoms with Crippen molar-refractivity contribution < 1.29 is 79.5 Å². The Kier molecular flexibility index (Phi) is 10.1. The van der Waals surface area contributed by atoms with Crippen LogP contribution < -0.4 is 0 Å². The van der Waals surface area contributed by atoms with Crippen molar-refractivity contribution in [2.45, 2.75) is 92.1 Å². The Labute approximate surface area is 199 Å². The third-order valence-electron chi connectivity index (χ3n) is 6.24. The molecular weight excluding hydrogens is 484 g/mol. The van der Waals surface area contributed by atoms with Crippen molar-refractivity contribution >= 4 is 0 Å². The molecule has 16 nitrogen and oxygen atoms in total. The summed E-state index contributed by atoms with van der Waals surface area (Å²) in [7, 11) is 1.29. The number of aliphatic hydroxyl groups is 10. The van der Waals surface area contributed by atoms with Gasteiger partial charge in [0.1, 0.15) is 73.2 Å². The molecule has 3 heterocycles. The summed E-state index contributed by atoms with van der Waals surface area (Å²) in [5, 5.41) is 100. The lowest BCUT2D eigenvalue weighted by atomic mass is 9.96. The Hall–Kier alpha value is -0.640. The maximum atomic E-state index is 10.8. The van der Waals surface area contributed by atoms with Gasteiger partial charge in [0.15, 0.2) is 18.9 Å².